The molecule has 0 saturated heterocycles. The molecule has 0 aliphatic rings. The third-order valence-electron chi connectivity index (χ3n) is 2.72. The Balaban J connectivity index is 5.01. The number of alkyl halides is 8. The SMILES string of the molecule is CCCCC(I)C(C)C(F)(F)C(F)(F)C(F)(F)F. The first-order valence-corrected chi connectivity index (χ1v) is 6.60. The summed E-state index contributed by atoms with van der Waals surface area (Å²) in [6, 6.07) is 0. The van der Waals surface area contributed by atoms with Crippen molar-refractivity contribution in [3.8, 4) is 0 Å². The van der Waals surface area contributed by atoms with Gasteiger partial charge in [0, 0.05) is 9.84 Å². The molecular formula is C10H14F7I. The van der Waals surface area contributed by atoms with Gasteiger partial charge in [-0.25, -0.2) is 0 Å². The molecule has 0 saturated carbocycles. The van der Waals surface area contributed by atoms with Crippen LogP contribution in [0.4, 0.5) is 30.7 Å². The molecule has 0 aromatic carbocycles. The second-order valence-electron chi connectivity index (χ2n) is 4.14. The fourth-order valence-electron chi connectivity index (χ4n) is 1.35. The van der Waals surface area contributed by atoms with Crippen LogP contribution in [0.3, 0.4) is 0 Å². The minimum atomic E-state index is -6.24. The Morgan fingerprint density at radius 2 is 1.44 bits per heavy atom. The number of hydrogen-bond acceptors (Lipinski definition) is 0. The van der Waals surface area contributed by atoms with Crippen LogP contribution in [0.5, 0.6) is 0 Å². The van der Waals surface area contributed by atoms with Crippen LogP contribution in [0.25, 0.3) is 0 Å². The van der Waals surface area contributed by atoms with Gasteiger partial charge < -0.3 is 0 Å². The number of rotatable bonds is 6. The molecule has 0 amide bonds. The van der Waals surface area contributed by atoms with Crippen molar-refractivity contribution in [3.05, 3.63) is 0 Å². The van der Waals surface area contributed by atoms with Crippen LogP contribution >= 0.6 is 22.6 Å². The summed E-state index contributed by atoms with van der Waals surface area (Å²) in [4.78, 5) is 0. The summed E-state index contributed by atoms with van der Waals surface area (Å²) >= 11 is 1.50. The van der Waals surface area contributed by atoms with Crippen molar-refractivity contribution in [2.45, 2.75) is 55.1 Å². The van der Waals surface area contributed by atoms with E-state index in [0.717, 1.165) is 6.92 Å². The van der Waals surface area contributed by atoms with E-state index in [1.807, 2.05) is 0 Å². The molecule has 0 aromatic heterocycles. The lowest BCUT2D eigenvalue weighted by atomic mass is 9.92. The first-order chi connectivity index (χ1) is 7.89. The molecule has 0 fully saturated rings. The van der Waals surface area contributed by atoms with Crippen LogP contribution in [0.1, 0.15) is 33.1 Å². The molecule has 8 heteroatoms. The quantitative estimate of drug-likeness (QED) is 0.319. The molecule has 0 rings (SSSR count). The molecule has 0 aliphatic carbocycles. The lowest BCUT2D eigenvalue weighted by Crippen LogP contribution is -2.56. The van der Waals surface area contributed by atoms with Crippen LogP contribution in [0.2, 0.25) is 0 Å². The Morgan fingerprint density at radius 3 is 1.78 bits per heavy atom. The highest BCUT2D eigenvalue weighted by Gasteiger charge is 2.74. The van der Waals surface area contributed by atoms with Crippen LogP contribution in [-0.4, -0.2) is 21.9 Å². The van der Waals surface area contributed by atoms with Gasteiger partial charge in [-0.3, -0.25) is 0 Å². The van der Waals surface area contributed by atoms with E-state index in [9.17, 15) is 30.7 Å². The van der Waals surface area contributed by atoms with E-state index >= 15 is 0 Å². The average Bonchev–Trinajstić information content (AvgIpc) is 2.22. The van der Waals surface area contributed by atoms with Gasteiger partial charge in [-0.15, -0.1) is 0 Å². The Labute approximate surface area is 114 Å². The van der Waals surface area contributed by atoms with Gasteiger partial charge in [-0.2, -0.15) is 30.7 Å². The molecule has 110 valence electrons. The zero-order chi connectivity index (χ0) is 14.8. The summed E-state index contributed by atoms with van der Waals surface area (Å²) in [6.07, 6.45) is -4.90. The van der Waals surface area contributed by atoms with Crippen molar-refractivity contribution < 1.29 is 30.7 Å². The van der Waals surface area contributed by atoms with Gasteiger partial charge in [0.25, 0.3) is 0 Å². The lowest BCUT2D eigenvalue weighted by molar-refractivity contribution is -0.364. The summed E-state index contributed by atoms with van der Waals surface area (Å²) < 4.78 is 87.1. The Morgan fingerprint density at radius 1 is 1.00 bits per heavy atom. The Hall–Kier alpha value is 0.240. The molecule has 0 nitrogen and oxygen atoms in total. The highest BCUT2D eigenvalue weighted by Crippen LogP contribution is 2.51. The van der Waals surface area contributed by atoms with E-state index in [1.54, 1.807) is 6.92 Å². The molecule has 0 bridgehead atoms. The van der Waals surface area contributed by atoms with E-state index in [4.69, 9.17) is 0 Å². The molecule has 0 radical (unpaired) electrons. The number of unbranched alkanes of at least 4 members (excludes halogenated alkanes) is 1. The summed E-state index contributed by atoms with van der Waals surface area (Å²) in [5.41, 5.74) is 0. The monoisotopic (exact) mass is 394 g/mol. The first kappa shape index (κ1) is 18.2. The Bertz CT molecular complexity index is 261. The maximum Gasteiger partial charge on any atom is 0.459 e. The maximum atomic E-state index is 13.3. The van der Waals surface area contributed by atoms with Gasteiger partial charge in [0.1, 0.15) is 0 Å². The van der Waals surface area contributed by atoms with E-state index in [0.29, 0.717) is 12.8 Å². The van der Waals surface area contributed by atoms with Crippen LogP contribution in [0, 0.1) is 5.92 Å². The predicted molar refractivity (Wildman–Crippen MR) is 62.4 cm³/mol. The van der Waals surface area contributed by atoms with E-state index in [-0.39, 0.29) is 6.42 Å². The minimum Gasteiger partial charge on any atom is -0.199 e. The van der Waals surface area contributed by atoms with Crippen LogP contribution < -0.4 is 0 Å². The summed E-state index contributed by atoms with van der Waals surface area (Å²) in [6.45, 7) is 2.50. The molecule has 0 aromatic rings. The normalized spacial score (nSPS) is 17.7. The zero-order valence-corrected chi connectivity index (χ0v) is 12.0. The highest BCUT2D eigenvalue weighted by atomic mass is 127. The third kappa shape index (κ3) is 3.63. The zero-order valence-electron chi connectivity index (χ0n) is 9.80. The summed E-state index contributed by atoms with van der Waals surface area (Å²) in [5.74, 6) is -13.2. The first-order valence-electron chi connectivity index (χ1n) is 5.36. The molecular weight excluding hydrogens is 380 g/mol. The second-order valence-corrected chi connectivity index (χ2v) is 5.74. The molecule has 0 N–H and O–H groups in total. The minimum absolute atomic E-state index is 0.182. The highest BCUT2D eigenvalue weighted by molar-refractivity contribution is 14.1. The molecule has 2 unspecified atom stereocenters. The van der Waals surface area contributed by atoms with Gasteiger partial charge in [-0.05, 0) is 6.42 Å². The maximum absolute atomic E-state index is 13.3. The molecule has 18 heavy (non-hydrogen) atoms. The van der Waals surface area contributed by atoms with Crippen LogP contribution in [-0.2, 0) is 0 Å². The van der Waals surface area contributed by atoms with Crippen molar-refractivity contribution in [3.63, 3.8) is 0 Å². The standard InChI is InChI=1S/C10H14F7I/c1-3-4-5-7(18)6(2)8(11,12)9(13,14)10(15,16)17/h6-7H,3-5H2,1-2H3. The lowest BCUT2D eigenvalue weighted by Gasteiger charge is -2.34. The Kier molecular flexibility index (Phi) is 6.21. The van der Waals surface area contributed by atoms with Gasteiger partial charge in [-0.1, -0.05) is 49.3 Å². The van der Waals surface area contributed by atoms with Crippen molar-refractivity contribution in [2.24, 2.45) is 5.92 Å². The molecule has 0 aliphatic heterocycles. The summed E-state index contributed by atoms with van der Waals surface area (Å²) in [5, 5.41) is 0. The van der Waals surface area contributed by atoms with Gasteiger partial charge >= 0.3 is 18.0 Å². The number of hydrogen-bond donors (Lipinski definition) is 0. The molecule has 2 atom stereocenters. The predicted octanol–water partition coefficient (Wildman–Crippen LogP) is 5.45. The van der Waals surface area contributed by atoms with E-state index in [1.165, 1.54) is 22.6 Å². The molecule has 0 spiro atoms. The van der Waals surface area contributed by atoms with Gasteiger partial charge in [0.05, 0.1) is 0 Å². The second kappa shape index (κ2) is 6.13. The van der Waals surface area contributed by atoms with Crippen LogP contribution in [0.15, 0.2) is 0 Å². The smallest absolute Gasteiger partial charge is 0.199 e. The van der Waals surface area contributed by atoms with Gasteiger partial charge in [0.2, 0.25) is 0 Å². The fraction of sp³-hybridized carbons (Fsp3) is 1.00. The van der Waals surface area contributed by atoms with E-state index in [2.05, 4.69) is 0 Å². The van der Waals surface area contributed by atoms with Crippen molar-refractivity contribution in [1.82, 2.24) is 0 Å². The largest absolute Gasteiger partial charge is 0.459 e. The topological polar surface area (TPSA) is 0 Å². The van der Waals surface area contributed by atoms with Crippen molar-refractivity contribution >= 4 is 22.6 Å². The average molecular weight is 394 g/mol. The van der Waals surface area contributed by atoms with E-state index < -0.39 is 27.9 Å². The summed E-state index contributed by atoms with van der Waals surface area (Å²) in [7, 11) is 0. The third-order valence-corrected chi connectivity index (χ3v) is 4.42. The fourth-order valence-corrected chi connectivity index (χ4v) is 2.24. The molecule has 0 heterocycles. The van der Waals surface area contributed by atoms with Crippen molar-refractivity contribution in [2.75, 3.05) is 0 Å². The number of halogens is 8. The van der Waals surface area contributed by atoms with Crippen molar-refractivity contribution in [1.29, 1.82) is 0 Å². The van der Waals surface area contributed by atoms with Gasteiger partial charge in [0.15, 0.2) is 0 Å².